The smallest absolute Gasteiger partial charge is 0.320 e. The number of hydrogen-bond acceptors (Lipinski definition) is 6. The molecule has 30 heavy (non-hydrogen) atoms. The molecule has 0 saturated carbocycles. The Morgan fingerprint density at radius 1 is 1.07 bits per heavy atom. The Balaban J connectivity index is 1.30. The van der Waals surface area contributed by atoms with Crippen LogP contribution in [0, 0.1) is 11.8 Å². The van der Waals surface area contributed by atoms with E-state index in [9.17, 15) is 14.4 Å². The van der Waals surface area contributed by atoms with Gasteiger partial charge in [0.15, 0.2) is 0 Å². The summed E-state index contributed by atoms with van der Waals surface area (Å²) in [6.07, 6.45) is 0.971. The van der Waals surface area contributed by atoms with E-state index < -0.39 is 5.60 Å². The lowest BCUT2D eigenvalue weighted by Gasteiger charge is -2.25. The zero-order valence-corrected chi connectivity index (χ0v) is 18.0. The van der Waals surface area contributed by atoms with Crippen molar-refractivity contribution in [3.05, 3.63) is 29.8 Å². The molecule has 7 nitrogen and oxygen atoms in total. The number of esters is 1. The number of amides is 2. The molecule has 4 rings (SSSR count). The van der Waals surface area contributed by atoms with E-state index in [2.05, 4.69) is 27.2 Å². The maximum atomic E-state index is 12.1. The molecule has 0 bridgehead atoms. The van der Waals surface area contributed by atoms with Crippen molar-refractivity contribution in [1.29, 1.82) is 0 Å². The molecule has 0 spiro atoms. The first-order chi connectivity index (χ1) is 14.2. The standard InChI is InChI=1S/C23H31N3O4/c1-23(2,3)30-21(28)14-25-10-16-12-26(13-17(16)11-25)18-6-4-15(5-7-18)19-8-9-20(27)24-22(19)29/h4-7,16-17,19H,8-14H2,1-3H3,(H,24,27,29). The van der Waals surface area contributed by atoms with Gasteiger partial charge in [0.1, 0.15) is 5.60 Å². The van der Waals surface area contributed by atoms with E-state index >= 15 is 0 Å². The van der Waals surface area contributed by atoms with Gasteiger partial charge >= 0.3 is 5.97 Å². The number of benzene rings is 1. The van der Waals surface area contributed by atoms with Crippen molar-refractivity contribution >= 4 is 23.5 Å². The number of imide groups is 1. The molecule has 2 amide bonds. The minimum absolute atomic E-state index is 0.150. The summed E-state index contributed by atoms with van der Waals surface area (Å²) in [5.74, 6) is 0.348. The summed E-state index contributed by atoms with van der Waals surface area (Å²) in [6, 6.07) is 8.19. The Labute approximate surface area is 177 Å². The second-order valence-electron chi connectivity index (χ2n) is 9.80. The normalized spacial score (nSPS) is 27.2. The van der Waals surface area contributed by atoms with Gasteiger partial charge in [0.05, 0.1) is 12.5 Å². The van der Waals surface area contributed by atoms with E-state index in [0.29, 0.717) is 31.2 Å². The fourth-order valence-corrected chi connectivity index (χ4v) is 4.92. The van der Waals surface area contributed by atoms with E-state index in [1.165, 1.54) is 5.69 Å². The summed E-state index contributed by atoms with van der Waals surface area (Å²) in [5, 5.41) is 2.43. The Hall–Kier alpha value is -2.41. The highest BCUT2D eigenvalue weighted by Gasteiger charge is 2.41. The molecule has 3 heterocycles. The molecule has 1 N–H and O–H groups in total. The number of piperidine rings is 1. The van der Waals surface area contributed by atoms with Crippen LogP contribution in [0.15, 0.2) is 24.3 Å². The second-order valence-corrected chi connectivity index (χ2v) is 9.80. The summed E-state index contributed by atoms with van der Waals surface area (Å²) < 4.78 is 5.45. The molecule has 3 atom stereocenters. The lowest BCUT2D eigenvalue weighted by molar-refractivity contribution is -0.156. The molecule has 3 saturated heterocycles. The lowest BCUT2D eigenvalue weighted by atomic mass is 9.90. The molecule has 3 aliphatic rings. The number of rotatable bonds is 4. The van der Waals surface area contributed by atoms with Gasteiger partial charge in [0.25, 0.3) is 0 Å². The van der Waals surface area contributed by atoms with Crippen molar-refractivity contribution in [3.63, 3.8) is 0 Å². The minimum atomic E-state index is -0.441. The molecule has 0 aromatic heterocycles. The van der Waals surface area contributed by atoms with Crippen molar-refractivity contribution in [2.24, 2.45) is 11.8 Å². The van der Waals surface area contributed by atoms with Crippen LogP contribution in [0.4, 0.5) is 5.69 Å². The predicted molar refractivity (Wildman–Crippen MR) is 113 cm³/mol. The second kappa shape index (κ2) is 8.02. The lowest BCUT2D eigenvalue weighted by Crippen LogP contribution is -2.39. The van der Waals surface area contributed by atoms with E-state index in [-0.39, 0.29) is 23.7 Å². The fraction of sp³-hybridized carbons (Fsp3) is 0.609. The van der Waals surface area contributed by atoms with Crippen molar-refractivity contribution < 1.29 is 19.1 Å². The highest BCUT2D eigenvalue weighted by Crippen LogP contribution is 2.35. The summed E-state index contributed by atoms with van der Waals surface area (Å²) >= 11 is 0. The van der Waals surface area contributed by atoms with Crippen LogP contribution in [-0.4, -0.2) is 61.0 Å². The van der Waals surface area contributed by atoms with Crippen LogP contribution in [0.2, 0.25) is 0 Å². The number of fused-ring (bicyclic) bond motifs is 1. The number of carbonyl (C=O) groups is 3. The first kappa shape index (κ1) is 20.8. The number of ether oxygens (including phenoxy) is 1. The largest absolute Gasteiger partial charge is 0.459 e. The number of anilines is 1. The summed E-state index contributed by atoms with van der Waals surface area (Å²) in [5.41, 5.74) is 1.69. The Morgan fingerprint density at radius 3 is 2.27 bits per heavy atom. The first-order valence-corrected chi connectivity index (χ1v) is 10.8. The quantitative estimate of drug-likeness (QED) is 0.600. The zero-order chi connectivity index (χ0) is 21.5. The Bertz CT molecular complexity index is 816. The number of hydrogen-bond donors (Lipinski definition) is 1. The van der Waals surface area contributed by atoms with Gasteiger partial charge in [-0.15, -0.1) is 0 Å². The van der Waals surface area contributed by atoms with Crippen molar-refractivity contribution in [1.82, 2.24) is 10.2 Å². The number of likely N-dealkylation sites (tertiary alicyclic amines) is 1. The third-order valence-electron chi connectivity index (χ3n) is 6.23. The van der Waals surface area contributed by atoms with Gasteiger partial charge in [-0.1, -0.05) is 12.1 Å². The molecule has 7 heteroatoms. The SMILES string of the molecule is CC(C)(C)OC(=O)CN1CC2CN(c3ccc(C4CCC(=O)NC4=O)cc3)CC2C1. The molecule has 0 radical (unpaired) electrons. The average Bonchev–Trinajstić information content (AvgIpc) is 3.18. The van der Waals surface area contributed by atoms with Crippen molar-refractivity contribution in [2.75, 3.05) is 37.6 Å². The van der Waals surface area contributed by atoms with Crippen molar-refractivity contribution in [3.8, 4) is 0 Å². The van der Waals surface area contributed by atoms with Gasteiger partial charge < -0.3 is 9.64 Å². The van der Waals surface area contributed by atoms with Gasteiger partial charge in [0.2, 0.25) is 11.8 Å². The van der Waals surface area contributed by atoms with Gasteiger partial charge in [-0.05, 0) is 56.7 Å². The molecule has 162 valence electrons. The van der Waals surface area contributed by atoms with Gasteiger partial charge in [-0.3, -0.25) is 24.6 Å². The van der Waals surface area contributed by atoms with Gasteiger partial charge in [-0.2, -0.15) is 0 Å². The summed E-state index contributed by atoms with van der Waals surface area (Å²) in [4.78, 5) is 40.1. The van der Waals surface area contributed by atoms with Crippen LogP contribution >= 0.6 is 0 Å². The molecular formula is C23H31N3O4. The highest BCUT2D eigenvalue weighted by molar-refractivity contribution is 6.00. The minimum Gasteiger partial charge on any atom is -0.459 e. The third kappa shape index (κ3) is 4.67. The van der Waals surface area contributed by atoms with Crippen LogP contribution < -0.4 is 10.2 Å². The molecular weight excluding hydrogens is 382 g/mol. The van der Waals surface area contributed by atoms with E-state index in [0.717, 1.165) is 31.7 Å². The fourth-order valence-electron chi connectivity index (χ4n) is 4.92. The van der Waals surface area contributed by atoms with Crippen molar-refractivity contribution in [2.45, 2.75) is 45.1 Å². The van der Waals surface area contributed by atoms with Gasteiger partial charge in [-0.25, -0.2) is 0 Å². The maximum Gasteiger partial charge on any atom is 0.320 e. The number of nitrogens with zero attached hydrogens (tertiary/aromatic N) is 2. The monoisotopic (exact) mass is 413 g/mol. The molecule has 1 aromatic carbocycles. The van der Waals surface area contributed by atoms with Crippen LogP contribution in [0.5, 0.6) is 0 Å². The average molecular weight is 414 g/mol. The molecule has 1 aromatic rings. The summed E-state index contributed by atoms with van der Waals surface area (Å²) in [6.45, 7) is 9.86. The maximum absolute atomic E-state index is 12.1. The number of carbonyl (C=O) groups excluding carboxylic acids is 3. The van der Waals surface area contributed by atoms with Crippen LogP contribution in [0.25, 0.3) is 0 Å². The highest BCUT2D eigenvalue weighted by atomic mass is 16.6. The number of nitrogens with one attached hydrogen (secondary N) is 1. The Morgan fingerprint density at radius 2 is 1.70 bits per heavy atom. The van der Waals surface area contributed by atoms with E-state index in [4.69, 9.17) is 4.74 Å². The van der Waals surface area contributed by atoms with Crippen LogP contribution in [0.1, 0.15) is 45.1 Å². The molecule has 3 fully saturated rings. The first-order valence-electron chi connectivity index (χ1n) is 10.8. The van der Waals surface area contributed by atoms with E-state index in [1.807, 2.05) is 32.9 Å². The zero-order valence-electron chi connectivity index (χ0n) is 18.0. The summed E-state index contributed by atoms with van der Waals surface area (Å²) in [7, 11) is 0. The van der Waals surface area contributed by atoms with E-state index in [1.54, 1.807) is 0 Å². The van der Waals surface area contributed by atoms with Crippen LogP contribution in [-0.2, 0) is 19.1 Å². The predicted octanol–water partition coefficient (Wildman–Crippen LogP) is 1.92. The molecule has 0 aliphatic carbocycles. The molecule has 3 unspecified atom stereocenters. The van der Waals surface area contributed by atoms with Gasteiger partial charge in [0, 0.05) is 38.3 Å². The molecule has 3 aliphatic heterocycles. The topological polar surface area (TPSA) is 79.0 Å². The third-order valence-corrected chi connectivity index (χ3v) is 6.23. The Kier molecular flexibility index (Phi) is 5.57. The van der Waals surface area contributed by atoms with Crippen LogP contribution in [0.3, 0.4) is 0 Å².